The molecule has 1 N–H and O–H groups in total. The van der Waals surface area contributed by atoms with E-state index >= 15 is 4.39 Å². The van der Waals surface area contributed by atoms with Gasteiger partial charge in [0.25, 0.3) is 0 Å². The number of halogens is 2. The largest absolute Gasteiger partial charge is 0.480 e. The Labute approximate surface area is 170 Å². The van der Waals surface area contributed by atoms with Gasteiger partial charge in [-0.1, -0.05) is 11.8 Å². The number of carbonyl (C=O) groups is 2. The second kappa shape index (κ2) is 5.55. The lowest BCUT2D eigenvalue weighted by Gasteiger charge is -2.40. The number of allylic oxidation sites excluding steroid dienone is 1. The summed E-state index contributed by atoms with van der Waals surface area (Å²) in [4.78, 5) is 32.0. The Morgan fingerprint density at radius 1 is 1.32 bits per heavy atom. The molecule has 2 saturated heterocycles. The normalized spacial score (nSPS) is 29.4. The van der Waals surface area contributed by atoms with Gasteiger partial charge < -0.3 is 19.6 Å². The topological polar surface area (TPSA) is 73.3 Å². The van der Waals surface area contributed by atoms with Crippen molar-refractivity contribution in [1.82, 2.24) is 4.90 Å². The SMILES string of the molecule is CN1CCN(c2c(F)cc3c4c2OC2=C5CC(C(=O)O)(C3=O)C(S5)N24)CC1.Cl. The number of ether oxygens (including phenoxy) is 1. The molecule has 2 atom stereocenters. The van der Waals surface area contributed by atoms with Gasteiger partial charge in [0.15, 0.2) is 22.8 Å². The molecule has 5 aliphatic rings. The van der Waals surface area contributed by atoms with Crippen LogP contribution in [-0.2, 0) is 4.79 Å². The van der Waals surface area contributed by atoms with Crippen molar-refractivity contribution in [2.24, 2.45) is 5.41 Å². The van der Waals surface area contributed by atoms with Crippen molar-refractivity contribution >= 4 is 47.3 Å². The summed E-state index contributed by atoms with van der Waals surface area (Å²) in [5.41, 5.74) is -0.516. The average molecular weight is 426 g/mol. The van der Waals surface area contributed by atoms with Crippen LogP contribution in [0.2, 0.25) is 0 Å². The first-order valence-electron chi connectivity index (χ1n) is 8.88. The van der Waals surface area contributed by atoms with Crippen LogP contribution < -0.4 is 14.5 Å². The Hall–Kier alpha value is -1.97. The Balaban J connectivity index is 0.00000171. The van der Waals surface area contributed by atoms with Gasteiger partial charge >= 0.3 is 5.97 Å². The number of aliphatic carboxylic acids is 1. The molecule has 2 bridgehead atoms. The molecule has 2 unspecified atom stereocenters. The second-order valence-corrected chi connectivity index (χ2v) is 8.85. The first kappa shape index (κ1) is 18.1. The van der Waals surface area contributed by atoms with Crippen LogP contribution in [0.15, 0.2) is 16.9 Å². The Kier molecular flexibility index (Phi) is 3.58. The molecule has 1 aromatic rings. The number of carboxylic acid groups (broad SMARTS) is 1. The predicted octanol–water partition coefficient (Wildman–Crippen LogP) is 2.11. The number of likely N-dealkylation sites (N-methyl/N-ethyl adjacent to an activating group) is 1. The molecule has 0 aromatic heterocycles. The number of carboxylic acids is 1. The third kappa shape index (κ3) is 1.85. The lowest BCUT2D eigenvalue weighted by molar-refractivity contribution is -0.145. The third-order valence-corrected chi connectivity index (χ3v) is 7.72. The molecule has 2 fully saturated rings. The number of nitrogens with zero attached hydrogens (tertiary/aromatic N) is 3. The van der Waals surface area contributed by atoms with Crippen molar-refractivity contribution in [3.05, 3.63) is 28.2 Å². The number of anilines is 2. The number of piperazine rings is 1. The number of rotatable bonds is 2. The van der Waals surface area contributed by atoms with Crippen LogP contribution in [0, 0.1) is 11.2 Å². The third-order valence-electron chi connectivity index (χ3n) is 6.28. The van der Waals surface area contributed by atoms with E-state index in [1.807, 2.05) is 16.8 Å². The first-order chi connectivity index (χ1) is 12.9. The number of hydrogen-bond donors (Lipinski definition) is 1. The summed E-state index contributed by atoms with van der Waals surface area (Å²) in [7, 11) is 2.03. The summed E-state index contributed by atoms with van der Waals surface area (Å²) in [5.74, 6) is -1.25. The Morgan fingerprint density at radius 2 is 2.04 bits per heavy atom. The number of hydrogen-bond acceptors (Lipinski definition) is 7. The van der Waals surface area contributed by atoms with E-state index in [1.54, 1.807) is 0 Å². The van der Waals surface area contributed by atoms with E-state index in [0.717, 1.165) is 18.0 Å². The summed E-state index contributed by atoms with van der Waals surface area (Å²) in [6.45, 7) is 2.96. The fourth-order valence-corrected chi connectivity index (χ4v) is 6.45. The van der Waals surface area contributed by atoms with E-state index in [4.69, 9.17) is 4.74 Å². The molecule has 5 heterocycles. The lowest BCUT2D eigenvalue weighted by Crippen LogP contribution is -2.56. The van der Waals surface area contributed by atoms with Crippen LogP contribution in [0.5, 0.6) is 5.75 Å². The van der Waals surface area contributed by atoms with Crippen LogP contribution >= 0.6 is 24.2 Å². The van der Waals surface area contributed by atoms with Crippen molar-refractivity contribution in [2.45, 2.75) is 11.8 Å². The van der Waals surface area contributed by atoms with Crippen molar-refractivity contribution < 1.29 is 23.8 Å². The van der Waals surface area contributed by atoms with Crippen LogP contribution in [0.25, 0.3) is 0 Å². The second-order valence-electron chi connectivity index (χ2n) is 7.68. The molecule has 0 saturated carbocycles. The standard InChI is InChI=1S/C18H16FN3O4S.ClH/c1-20-2-4-21(5-3-20)12-9(19)6-8-11-13(12)26-15-10-7-18(14(8)23,17(24)25)16(27-10)22(11)15;/h6,16H,2-5,7H2,1H3,(H,24,25);1H. The zero-order valence-corrected chi connectivity index (χ0v) is 16.5. The number of carbonyl (C=O) groups excluding carboxylic acids is 1. The van der Waals surface area contributed by atoms with Crippen molar-refractivity contribution in [1.29, 1.82) is 0 Å². The minimum atomic E-state index is -1.55. The van der Waals surface area contributed by atoms with E-state index in [-0.39, 0.29) is 24.4 Å². The highest BCUT2D eigenvalue weighted by molar-refractivity contribution is 8.04. The molecule has 0 amide bonds. The molecule has 5 aliphatic heterocycles. The highest BCUT2D eigenvalue weighted by Gasteiger charge is 2.70. The average Bonchev–Trinajstić information content (AvgIpc) is 3.30. The van der Waals surface area contributed by atoms with Gasteiger partial charge in [0, 0.05) is 43.1 Å². The number of ketones is 1. The highest BCUT2D eigenvalue weighted by atomic mass is 35.5. The van der Waals surface area contributed by atoms with Crippen LogP contribution in [-0.4, -0.2) is 60.4 Å². The Morgan fingerprint density at radius 3 is 2.71 bits per heavy atom. The summed E-state index contributed by atoms with van der Waals surface area (Å²) < 4.78 is 21.2. The van der Waals surface area contributed by atoms with E-state index in [0.29, 0.717) is 36.1 Å². The van der Waals surface area contributed by atoms with Crippen LogP contribution in [0.3, 0.4) is 0 Å². The quantitative estimate of drug-likeness (QED) is 0.722. The minimum Gasteiger partial charge on any atom is -0.480 e. The fourth-order valence-electron chi connectivity index (χ4n) is 4.83. The predicted molar refractivity (Wildman–Crippen MR) is 104 cm³/mol. The highest BCUT2D eigenvalue weighted by Crippen LogP contribution is 2.69. The van der Waals surface area contributed by atoms with Crippen molar-refractivity contribution in [3.8, 4) is 5.75 Å². The number of benzene rings is 1. The summed E-state index contributed by atoms with van der Waals surface area (Å²) in [6, 6.07) is 1.21. The zero-order valence-electron chi connectivity index (χ0n) is 14.9. The van der Waals surface area contributed by atoms with Gasteiger partial charge in [-0.05, 0) is 13.1 Å². The monoisotopic (exact) mass is 425 g/mol. The summed E-state index contributed by atoms with van der Waals surface area (Å²) in [5, 5.41) is 9.31. The molecule has 7 nitrogen and oxygen atoms in total. The number of Topliss-reactive ketones (excluding diaryl/α,β-unsaturated/α-hetero) is 1. The molecular weight excluding hydrogens is 409 g/mol. The van der Waals surface area contributed by atoms with Crippen molar-refractivity contribution in [3.63, 3.8) is 0 Å². The first-order valence-corrected chi connectivity index (χ1v) is 9.76. The lowest BCUT2D eigenvalue weighted by atomic mass is 9.72. The number of fused-ring (bicyclic) bond motifs is 1. The van der Waals surface area contributed by atoms with Crippen LogP contribution in [0.4, 0.5) is 15.8 Å². The van der Waals surface area contributed by atoms with E-state index in [2.05, 4.69) is 4.90 Å². The maximum Gasteiger partial charge on any atom is 0.321 e. The maximum absolute atomic E-state index is 15.1. The van der Waals surface area contributed by atoms with Gasteiger partial charge in [0.05, 0.1) is 0 Å². The van der Waals surface area contributed by atoms with E-state index in [9.17, 15) is 14.7 Å². The van der Waals surface area contributed by atoms with Gasteiger partial charge in [0.2, 0.25) is 5.88 Å². The van der Waals surface area contributed by atoms with E-state index < -0.39 is 28.4 Å². The molecule has 148 valence electrons. The van der Waals surface area contributed by atoms with E-state index in [1.165, 1.54) is 17.8 Å². The van der Waals surface area contributed by atoms with Gasteiger partial charge in [0.1, 0.15) is 16.7 Å². The van der Waals surface area contributed by atoms with Gasteiger partial charge in [-0.2, -0.15) is 0 Å². The number of thioether (sulfide) groups is 1. The molecule has 28 heavy (non-hydrogen) atoms. The minimum absolute atomic E-state index is 0. The summed E-state index contributed by atoms with van der Waals surface area (Å²) >= 11 is 1.38. The molecule has 0 spiro atoms. The van der Waals surface area contributed by atoms with Crippen LogP contribution in [0.1, 0.15) is 16.8 Å². The molecule has 0 radical (unpaired) electrons. The fraction of sp³-hybridized carbons (Fsp3) is 0.444. The molecule has 0 aliphatic carbocycles. The van der Waals surface area contributed by atoms with Gasteiger partial charge in [-0.15, -0.1) is 12.4 Å². The molecular formula is C18H17ClFN3O4S. The maximum atomic E-state index is 15.1. The zero-order chi connectivity index (χ0) is 18.7. The van der Waals surface area contributed by atoms with Gasteiger partial charge in [-0.25, -0.2) is 4.39 Å². The molecule has 6 rings (SSSR count). The van der Waals surface area contributed by atoms with Crippen molar-refractivity contribution in [2.75, 3.05) is 43.0 Å². The molecule has 1 aromatic carbocycles. The summed E-state index contributed by atoms with van der Waals surface area (Å²) in [6.07, 6.45) is 0.117. The molecule has 10 heteroatoms. The smallest absolute Gasteiger partial charge is 0.321 e. The Bertz CT molecular complexity index is 994. The van der Waals surface area contributed by atoms with Gasteiger partial charge in [-0.3, -0.25) is 14.5 Å².